The molecule has 0 bridgehead atoms. The summed E-state index contributed by atoms with van der Waals surface area (Å²) in [7, 11) is -2.43. The molecule has 0 aliphatic carbocycles. The zero-order valence-corrected chi connectivity index (χ0v) is 18.9. The van der Waals surface area contributed by atoms with Gasteiger partial charge in [0.05, 0.1) is 18.2 Å². The minimum Gasteiger partial charge on any atom is -0.496 e. The molecule has 0 unspecified atom stereocenters. The number of hydrogen-bond donors (Lipinski definition) is 2. The number of carbonyl (C=O) groups excluding carboxylic acids is 1. The van der Waals surface area contributed by atoms with Gasteiger partial charge in [-0.1, -0.05) is 47.5 Å². The first-order valence-electron chi connectivity index (χ1n) is 9.54. The van der Waals surface area contributed by atoms with E-state index < -0.39 is 15.9 Å². The van der Waals surface area contributed by atoms with E-state index in [-0.39, 0.29) is 21.5 Å². The van der Waals surface area contributed by atoms with Crippen LogP contribution in [-0.2, 0) is 10.0 Å². The number of carbonyl (C=O) groups is 1. The molecule has 0 saturated heterocycles. The molecule has 8 heteroatoms. The van der Waals surface area contributed by atoms with Crippen LogP contribution in [0.5, 0.6) is 5.75 Å². The highest BCUT2D eigenvalue weighted by molar-refractivity contribution is 7.92. The Morgan fingerprint density at radius 2 is 1.71 bits per heavy atom. The zero-order valence-electron chi connectivity index (χ0n) is 17.3. The topological polar surface area (TPSA) is 84.5 Å². The molecular formula is C23H23ClN2O4S. The molecule has 0 saturated carbocycles. The molecule has 162 valence electrons. The third-order valence-corrected chi connectivity index (χ3v) is 6.60. The Balaban J connectivity index is 1.84. The van der Waals surface area contributed by atoms with Gasteiger partial charge in [-0.25, -0.2) is 8.42 Å². The Morgan fingerprint density at radius 1 is 1.03 bits per heavy atom. The van der Waals surface area contributed by atoms with Crippen molar-refractivity contribution in [2.45, 2.75) is 24.8 Å². The summed E-state index contributed by atoms with van der Waals surface area (Å²) in [5.74, 6) is 0.221. The molecule has 31 heavy (non-hydrogen) atoms. The van der Waals surface area contributed by atoms with E-state index in [0.29, 0.717) is 11.4 Å². The highest BCUT2D eigenvalue weighted by atomic mass is 35.5. The van der Waals surface area contributed by atoms with Crippen molar-refractivity contribution in [3.8, 4) is 5.75 Å². The highest BCUT2D eigenvalue weighted by Gasteiger charge is 2.22. The fraction of sp³-hybridized carbons (Fsp3) is 0.174. The molecule has 1 amide bonds. The Bertz CT molecular complexity index is 1190. The van der Waals surface area contributed by atoms with Crippen LogP contribution in [0.4, 0.5) is 5.69 Å². The number of ether oxygens (including phenoxy) is 1. The molecular weight excluding hydrogens is 436 g/mol. The summed E-state index contributed by atoms with van der Waals surface area (Å²) in [5, 5.41) is 2.89. The Kier molecular flexibility index (Phi) is 6.87. The summed E-state index contributed by atoms with van der Waals surface area (Å²) < 4.78 is 33.6. The number of para-hydroxylation sites is 1. The van der Waals surface area contributed by atoms with Crippen molar-refractivity contribution in [3.05, 3.63) is 88.4 Å². The Morgan fingerprint density at radius 3 is 2.39 bits per heavy atom. The molecule has 0 heterocycles. The minimum atomic E-state index is -3.99. The molecule has 3 rings (SSSR count). The van der Waals surface area contributed by atoms with E-state index in [1.54, 1.807) is 31.4 Å². The Labute approximate surface area is 187 Å². The number of amides is 1. The van der Waals surface area contributed by atoms with E-state index in [1.807, 2.05) is 38.1 Å². The van der Waals surface area contributed by atoms with E-state index in [2.05, 4.69) is 10.0 Å². The minimum absolute atomic E-state index is 0.0222. The van der Waals surface area contributed by atoms with E-state index in [9.17, 15) is 13.2 Å². The second-order valence-corrected chi connectivity index (χ2v) is 9.11. The first kappa shape index (κ1) is 22.7. The van der Waals surface area contributed by atoms with Crippen LogP contribution in [0.15, 0.2) is 71.6 Å². The molecule has 0 fully saturated rings. The van der Waals surface area contributed by atoms with Gasteiger partial charge < -0.3 is 10.1 Å². The predicted octanol–water partition coefficient (Wildman–Crippen LogP) is 4.95. The van der Waals surface area contributed by atoms with Crippen molar-refractivity contribution in [2.24, 2.45) is 0 Å². The fourth-order valence-electron chi connectivity index (χ4n) is 3.06. The average Bonchev–Trinajstić information content (AvgIpc) is 2.75. The number of sulfonamides is 1. The van der Waals surface area contributed by atoms with Gasteiger partial charge in [-0.15, -0.1) is 0 Å². The van der Waals surface area contributed by atoms with Gasteiger partial charge in [0.2, 0.25) is 0 Å². The molecule has 0 aliphatic heterocycles. The smallest absolute Gasteiger partial charge is 0.263 e. The number of halogens is 1. The summed E-state index contributed by atoms with van der Waals surface area (Å²) in [4.78, 5) is 12.6. The van der Waals surface area contributed by atoms with Gasteiger partial charge in [-0.05, 0) is 50.2 Å². The lowest BCUT2D eigenvalue weighted by atomic mass is 10.1. The number of nitrogens with one attached hydrogen (secondary N) is 2. The summed E-state index contributed by atoms with van der Waals surface area (Å²) in [5.41, 5.74) is 2.39. The number of rotatable bonds is 7. The van der Waals surface area contributed by atoms with E-state index in [0.717, 1.165) is 11.1 Å². The number of methoxy groups -OCH3 is 1. The predicted molar refractivity (Wildman–Crippen MR) is 122 cm³/mol. The fourth-order valence-corrected chi connectivity index (χ4v) is 4.65. The Hall–Kier alpha value is -3.03. The summed E-state index contributed by atoms with van der Waals surface area (Å²) in [6, 6.07) is 18.1. The monoisotopic (exact) mass is 458 g/mol. The standard InChI is InChI=1S/C23H23ClN2O4S/c1-15-8-11-18(12-9-15)26-31(28,29)22-14-17(10-13-20(22)24)23(27)25-16(2)19-6-4-5-7-21(19)30-3/h4-14,16,26H,1-3H3,(H,25,27)/t16-/m0/s1. The summed E-state index contributed by atoms with van der Waals surface area (Å²) in [6.45, 7) is 3.73. The van der Waals surface area contributed by atoms with Gasteiger partial charge in [-0.2, -0.15) is 0 Å². The van der Waals surface area contributed by atoms with Crippen molar-refractivity contribution in [1.82, 2.24) is 5.32 Å². The SMILES string of the molecule is COc1ccccc1[C@H](C)NC(=O)c1ccc(Cl)c(S(=O)(=O)Nc2ccc(C)cc2)c1. The number of benzene rings is 3. The molecule has 3 aromatic rings. The zero-order chi connectivity index (χ0) is 22.6. The van der Waals surface area contributed by atoms with Crippen LogP contribution in [-0.4, -0.2) is 21.4 Å². The van der Waals surface area contributed by atoms with Crippen LogP contribution >= 0.6 is 11.6 Å². The molecule has 0 spiro atoms. The number of hydrogen-bond acceptors (Lipinski definition) is 4. The van der Waals surface area contributed by atoms with E-state index >= 15 is 0 Å². The second kappa shape index (κ2) is 9.41. The van der Waals surface area contributed by atoms with Gasteiger partial charge in [0.1, 0.15) is 10.6 Å². The van der Waals surface area contributed by atoms with Crippen LogP contribution in [0, 0.1) is 6.92 Å². The highest BCUT2D eigenvalue weighted by Crippen LogP contribution is 2.27. The van der Waals surface area contributed by atoms with E-state index in [1.165, 1.54) is 18.2 Å². The van der Waals surface area contributed by atoms with Crippen molar-refractivity contribution < 1.29 is 17.9 Å². The lowest BCUT2D eigenvalue weighted by Crippen LogP contribution is -2.27. The normalized spacial score (nSPS) is 12.1. The molecule has 2 N–H and O–H groups in total. The second-order valence-electron chi connectivity index (χ2n) is 7.05. The molecule has 0 radical (unpaired) electrons. The quantitative estimate of drug-likeness (QED) is 0.524. The third kappa shape index (κ3) is 5.37. The van der Waals surface area contributed by atoms with Crippen molar-refractivity contribution in [1.29, 1.82) is 0 Å². The molecule has 0 aromatic heterocycles. The third-order valence-electron chi connectivity index (χ3n) is 4.74. The summed E-state index contributed by atoms with van der Waals surface area (Å²) >= 11 is 6.15. The van der Waals surface area contributed by atoms with Crippen LogP contribution < -0.4 is 14.8 Å². The lowest BCUT2D eigenvalue weighted by molar-refractivity contribution is 0.0939. The van der Waals surface area contributed by atoms with Crippen molar-refractivity contribution in [2.75, 3.05) is 11.8 Å². The van der Waals surface area contributed by atoms with Gasteiger partial charge in [0, 0.05) is 16.8 Å². The first-order valence-corrected chi connectivity index (χ1v) is 11.4. The average molecular weight is 459 g/mol. The largest absolute Gasteiger partial charge is 0.496 e. The molecule has 6 nitrogen and oxygen atoms in total. The maximum atomic E-state index is 12.9. The van der Waals surface area contributed by atoms with Gasteiger partial charge in [-0.3, -0.25) is 9.52 Å². The van der Waals surface area contributed by atoms with Crippen molar-refractivity contribution >= 4 is 33.2 Å². The molecule has 1 atom stereocenters. The van der Waals surface area contributed by atoms with Gasteiger partial charge in [0.25, 0.3) is 15.9 Å². The summed E-state index contributed by atoms with van der Waals surface area (Å²) in [6.07, 6.45) is 0. The van der Waals surface area contributed by atoms with Gasteiger partial charge >= 0.3 is 0 Å². The maximum absolute atomic E-state index is 12.9. The maximum Gasteiger partial charge on any atom is 0.263 e. The number of anilines is 1. The van der Waals surface area contributed by atoms with E-state index in [4.69, 9.17) is 16.3 Å². The molecule has 3 aromatic carbocycles. The number of aryl methyl sites for hydroxylation is 1. The first-order chi connectivity index (χ1) is 14.7. The molecule has 0 aliphatic rings. The van der Waals surface area contributed by atoms with Gasteiger partial charge in [0.15, 0.2) is 0 Å². The van der Waals surface area contributed by atoms with Crippen LogP contribution in [0.3, 0.4) is 0 Å². The van der Waals surface area contributed by atoms with Crippen LogP contribution in [0.25, 0.3) is 0 Å². The van der Waals surface area contributed by atoms with Crippen LogP contribution in [0.2, 0.25) is 5.02 Å². The van der Waals surface area contributed by atoms with Crippen LogP contribution in [0.1, 0.15) is 34.5 Å². The van der Waals surface area contributed by atoms with Crippen molar-refractivity contribution in [3.63, 3.8) is 0 Å². The lowest BCUT2D eigenvalue weighted by Gasteiger charge is -2.18.